The van der Waals surface area contributed by atoms with Crippen LogP contribution in [0.2, 0.25) is 0 Å². The Morgan fingerprint density at radius 3 is 2.45 bits per heavy atom. The molecule has 0 bridgehead atoms. The third kappa shape index (κ3) is 2.27. The van der Waals surface area contributed by atoms with Gasteiger partial charge in [-0.25, -0.2) is 0 Å². The first-order valence-electron chi connectivity index (χ1n) is 12.2. The molecule has 2 aliphatic carbocycles. The summed E-state index contributed by atoms with van der Waals surface area (Å²) in [5.74, 6) is -0.150. The number of fused-ring (bicyclic) bond motifs is 2. The Morgan fingerprint density at radius 2 is 1.82 bits per heavy atom. The summed E-state index contributed by atoms with van der Waals surface area (Å²) in [7, 11) is 0. The molecule has 6 rings (SSSR count). The molecule has 5 fully saturated rings. The van der Waals surface area contributed by atoms with Crippen LogP contribution in [0.25, 0.3) is 0 Å². The zero-order valence-corrected chi connectivity index (χ0v) is 20.1. The minimum Gasteiger partial charge on any atom is -0.472 e. The van der Waals surface area contributed by atoms with E-state index >= 15 is 0 Å². The average Bonchev–Trinajstić information content (AvgIpc) is 3.10. The molecule has 1 aromatic rings. The van der Waals surface area contributed by atoms with Crippen molar-refractivity contribution in [1.82, 2.24) is 0 Å². The Morgan fingerprint density at radius 1 is 1.09 bits per heavy atom. The number of rotatable bonds is 2. The van der Waals surface area contributed by atoms with Crippen molar-refractivity contribution in [3.05, 3.63) is 24.2 Å². The lowest BCUT2D eigenvalue weighted by molar-refractivity contribution is -0.218. The predicted molar refractivity (Wildman–Crippen MR) is 116 cm³/mol. The van der Waals surface area contributed by atoms with Gasteiger partial charge < -0.3 is 23.7 Å². The van der Waals surface area contributed by atoms with Crippen molar-refractivity contribution in [1.29, 1.82) is 0 Å². The summed E-state index contributed by atoms with van der Waals surface area (Å²) in [5, 5.41) is 11.6. The molecule has 9 atom stereocenters. The number of esters is 1. The van der Waals surface area contributed by atoms with E-state index in [0.29, 0.717) is 18.4 Å². The Kier molecular flexibility index (Phi) is 4.16. The van der Waals surface area contributed by atoms with E-state index < -0.39 is 33.6 Å². The fraction of sp³-hybridized carbons (Fsp3) is 0.769. The van der Waals surface area contributed by atoms with Crippen LogP contribution in [0, 0.1) is 28.1 Å². The van der Waals surface area contributed by atoms with Gasteiger partial charge in [-0.05, 0) is 52.5 Å². The molecule has 3 saturated heterocycles. The Bertz CT molecular complexity index is 1020. The number of carbonyl (C=O) groups is 2. The van der Waals surface area contributed by atoms with Crippen LogP contribution in [0.1, 0.15) is 72.0 Å². The molecule has 3 aliphatic heterocycles. The van der Waals surface area contributed by atoms with Crippen molar-refractivity contribution >= 4 is 11.8 Å². The average molecular weight is 459 g/mol. The number of ether oxygens (including phenoxy) is 3. The predicted octanol–water partition coefficient (Wildman–Crippen LogP) is 3.59. The second-order valence-electron chi connectivity index (χ2n) is 12.0. The molecule has 1 N–H and O–H groups in total. The third-order valence-corrected chi connectivity index (χ3v) is 10.6. The minimum absolute atomic E-state index is 0.0251. The van der Waals surface area contributed by atoms with E-state index in [0.717, 1.165) is 6.42 Å². The molecule has 2 saturated carbocycles. The van der Waals surface area contributed by atoms with Crippen LogP contribution in [0.15, 0.2) is 23.0 Å². The smallest absolute Gasteiger partial charge is 0.308 e. The fourth-order valence-corrected chi connectivity index (χ4v) is 9.18. The van der Waals surface area contributed by atoms with Crippen molar-refractivity contribution in [2.24, 2.45) is 28.1 Å². The third-order valence-electron chi connectivity index (χ3n) is 10.6. The number of furan rings is 1. The fourth-order valence-electron chi connectivity index (χ4n) is 9.18. The van der Waals surface area contributed by atoms with Crippen molar-refractivity contribution in [2.45, 2.75) is 89.8 Å². The number of carbonyl (C=O) groups excluding carboxylic acids is 2. The van der Waals surface area contributed by atoms with Gasteiger partial charge in [-0.3, -0.25) is 9.59 Å². The monoisotopic (exact) mass is 458 g/mol. The van der Waals surface area contributed by atoms with Crippen LogP contribution in [0.4, 0.5) is 0 Å². The number of hydrogen-bond acceptors (Lipinski definition) is 7. The highest BCUT2D eigenvalue weighted by Gasteiger charge is 2.85. The van der Waals surface area contributed by atoms with Crippen molar-refractivity contribution < 1.29 is 33.3 Å². The summed E-state index contributed by atoms with van der Waals surface area (Å²) in [4.78, 5) is 26.4. The van der Waals surface area contributed by atoms with E-state index in [1.807, 2.05) is 27.7 Å². The quantitative estimate of drug-likeness (QED) is 0.534. The zero-order chi connectivity index (χ0) is 23.6. The number of ketones is 1. The highest BCUT2D eigenvalue weighted by molar-refractivity contribution is 5.89. The number of epoxide rings is 1. The van der Waals surface area contributed by atoms with Gasteiger partial charge in [0.1, 0.15) is 18.0 Å². The highest BCUT2D eigenvalue weighted by Crippen LogP contribution is 2.78. The van der Waals surface area contributed by atoms with Gasteiger partial charge in [0.05, 0.1) is 48.3 Å². The minimum atomic E-state index is -0.827. The number of hydrogen-bond donors (Lipinski definition) is 1. The van der Waals surface area contributed by atoms with Gasteiger partial charge in [-0.15, -0.1) is 0 Å². The van der Waals surface area contributed by atoms with Gasteiger partial charge in [-0.2, -0.15) is 0 Å². The second kappa shape index (κ2) is 6.29. The van der Waals surface area contributed by atoms with Gasteiger partial charge in [0, 0.05) is 28.7 Å². The van der Waals surface area contributed by atoms with Gasteiger partial charge in [-0.1, -0.05) is 6.92 Å². The normalized spacial score (nSPS) is 50.8. The highest BCUT2D eigenvalue weighted by atomic mass is 16.6. The summed E-state index contributed by atoms with van der Waals surface area (Å²) < 4.78 is 24.0. The van der Waals surface area contributed by atoms with E-state index in [1.54, 1.807) is 18.6 Å². The molecule has 2 spiro atoms. The van der Waals surface area contributed by atoms with Crippen molar-refractivity contribution in [3.8, 4) is 0 Å². The molecule has 0 amide bonds. The number of cyclic esters (lactones) is 1. The van der Waals surface area contributed by atoms with Gasteiger partial charge in [0.15, 0.2) is 0 Å². The van der Waals surface area contributed by atoms with E-state index in [-0.39, 0.29) is 48.8 Å². The Balaban J connectivity index is 1.51. The van der Waals surface area contributed by atoms with Crippen LogP contribution >= 0.6 is 0 Å². The molecule has 33 heavy (non-hydrogen) atoms. The van der Waals surface area contributed by atoms with Gasteiger partial charge in [0.25, 0.3) is 0 Å². The maximum atomic E-state index is 14.2. The summed E-state index contributed by atoms with van der Waals surface area (Å²) in [5.41, 5.74) is -2.55. The molecule has 0 radical (unpaired) electrons. The molecular weight excluding hydrogens is 424 g/mol. The number of aliphatic hydroxyl groups excluding tert-OH is 1. The summed E-state index contributed by atoms with van der Waals surface area (Å²) >= 11 is 0. The number of aliphatic hydroxyl groups is 1. The van der Waals surface area contributed by atoms with E-state index in [9.17, 15) is 14.7 Å². The van der Waals surface area contributed by atoms with Crippen LogP contribution in [0.5, 0.6) is 0 Å². The van der Waals surface area contributed by atoms with Crippen LogP contribution in [-0.2, 0) is 23.8 Å². The van der Waals surface area contributed by atoms with Gasteiger partial charge >= 0.3 is 5.97 Å². The van der Waals surface area contributed by atoms with Crippen LogP contribution < -0.4 is 0 Å². The molecular formula is C26H34O7. The first-order valence-corrected chi connectivity index (χ1v) is 12.2. The molecule has 0 aromatic carbocycles. The SMILES string of the molecule is CC1OC12C1(C)C(=O)CC3C(C)(C)OC4CC(=O)OCC43C1CC[C@@]2(C)[C@@H](O)c1ccoc1. The van der Waals surface area contributed by atoms with E-state index in [2.05, 4.69) is 6.92 Å². The largest absolute Gasteiger partial charge is 0.472 e. The molecule has 7 unspecified atom stereocenters. The Hall–Kier alpha value is -1.70. The lowest BCUT2D eigenvalue weighted by atomic mass is 9.37. The first-order chi connectivity index (χ1) is 15.4. The summed E-state index contributed by atoms with van der Waals surface area (Å²) in [6, 6.07) is 1.78. The zero-order valence-electron chi connectivity index (χ0n) is 20.1. The Labute approximate surface area is 194 Å². The maximum absolute atomic E-state index is 14.2. The summed E-state index contributed by atoms with van der Waals surface area (Å²) in [6.07, 6.45) is 3.88. The lowest BCUT2D eigenvalue weighted by Gasteiger charge is -2.64. The molecule has 4 heterocycles. The van der Waals surface area contributed by atoms with Crippen molar-refractivity contribution in [2.75, 3.05) is 6.61 Å². The van der Waals surface area contributed by atoms with Crippen molar-refractivity contribution in [3.63, 3.8) is 0 Å². The molecule has 7 nitrogen and oxygen atoms in total. The topological polar surface area (TPSA) is 98.5 Å². The first kappa shape index (κ1) is 21.8. The maximum Gasteiger partial charge on any atom is 0.308 e. The number of Topliss-reactive ketones (excluding diaryl/α,β-unsaturated/α-hetero) is 1. The molecule has 7 heteroatoms. The standard InChI is InChI=1S/C26H34O7/c1-14-26(32-14)23(4,21(29)15-7-9-30-12-15)8-6-16-24(26,5)18(27)10-17-22(2,3)33-19-11-20(28)31-13-25(16,17)19/h7,9,12,14,16-17,19,21,29H,6,8,10-11,13H2,1-5H3/t14?,16?,17?,19?,21-,23-,24?,25?,26?/m0/s1. The molecule has 180 valence electrons. The van der Waals surface area contributed by atoms with Gasteiger partial charge in [0.2, 0.25) is 0 Å². The summed E-state index contributed by atoms with van der Waals surface area (Å²) in [6.45, 7) is 10.5. The molecule has 5 aliphatic rings. The van der Waals surface area contributed by atoms with E-state index in [1.165, 1.54) is 0 Å². The molecule has 1 aromatic heterocycles. The lowest BCUT2D eigenvalue weighted by Crippen LogP contribution is -2.71. The van der Waals surface area contributed by atoms with Crippen LogP contribution in [0.3, 0.4) is 0 Å². The van der Waals surface area contributed by atoms with Crippen LogP contribution in [-0.4, -0.2) is 46.9 Å². The van der Waals surface area contributed by atoms with E-state index in [4.69, 9.17) is 18.6 Å². The second-order valence-corrected chi connectivity index (χ2v) is 12.0.